The van der Waals surface area contributed by atoms with E-state index in [1.165, 1.54) is 6.33 Å². The molecule has 1 aliphatic heterocycles. The lowest BCUT2D eigenvalue weighted by Gasteiger charge is -2.33. The lowest BCUT2D eigenvalue weighted by atomic mass is 9.88. The molecule has 0 saturated heterocycles. The summed E-state index contributed by atoms with van der Waals surface area (Å²) < 4.78 is 13.1. The number of hydrogen-bond donors (Lipinski definition) is 1. The van der Waals surface area contributed by atoms with Crippen LogP contribution < -0.4 is 10.1 Å². The van der Waals surface area contributed by atoms with Crippen molar-refractivity contribution in [1.82, 2.24) is 14.8 Å². The molecular weight excluding hydrogens is 392 g/mol. The Balaban J connectivity index is 1.63. The molecular formula is C24H26N4O3. The molecule has 1 aliphatic rings. The molecule has 2 aromatic carbocycles. The first kappa shape index (κ1) is 20.7. The lowest BCUT2D eigenvalue weighted by molar-refractivity contribution is -0.147. The summed E-state index contributed by atoms with van der Waals surface area (Å²) in [5.74, 6) is 0.544. The van der Waals surface area contributed by atoms with Crippen LogP contribution in [0.5, 0.6) is 5.75 Å². The van der Waals surface area contributed by atoms with Gasteiger partial charge >= 0.3 is 5.97 Å². The van der Waals surface area contributed by atoms with Gasteiger partial charge in [0.1, 0.15) is 24.6 Å². The van der Waals surface area contributed by atoms with Gasteiger partial charge in [0.2, 0.25) is 5.95 Å². The third-order valence-corrected chi connectivity index (χ3v) is 5.18. The van der Waals surface area contributed by atoms with Gasteiger partial charge in [-0.05, 0) is 36.6 Å². The number of benzene rings is 2. The van der Waals surface area contributed by atoms with Crippen LogP contribution in [0.4, 0.5) is 5.95 Å². The minimum Gasteiger partial charge on any atom is -0.489 e. The summed E-state index contributed by atoms with van der Waals surface area (Å²) in [6, 6.07) is 17.4. The summed E-state index contributed by atoms with van der Waals surface area (Å²) in [6.07, 6.45) is 4.28. The molecule has 0 amide bonds. The Bertz CT molecular complexity index is 1040. The van der Waals surface area contributed by atoms with E-state index in [2.05, 4.69) is 15.4 Å². The SMILES string of the molecule is CC/C=C1/Nc2ncnn2[C@H](c2ccc(OCc3ccccc3)cc2)[C@H]1C(=O)OCC. The summed E-state index contributed by atoms with van der Waals surface area (Å²) in [6.45, 7) is 4.66. The zero-order valence-corrected chi connectivity index (χ0v) is 17.7. The second kappa shape index (κ2) is 9.47. The number of carbonyl (C=O) groups is 1. The van der Waals surface area contributed by atoms with E-state index >= 15 is 0 Å². The summed E-state index contributed by atoms with van der Waals surface area (Å²) in [5, 5.41) is 7.62. The number of nitrogens with zero attached hydrogens (tertiary/aromatic N) is 3. The molecule has 31 heavy (non-hydrogen) atoms. The van der Waals surface area contributed by atoms with E-state index in [0.717, 1.165) is 29.0 Å². The number of fused-ring (bicyclic) bond motifs is 1. The van der Waals surface area contributed by atoms with Crippen molar-refractivity contribution in [3.8, 4) is 5.75 Å². The van der Waals surface area contributed by atoms with E-state index < -0.39 is 5.92 Å². The van der Waals surface area contributed by atoms with Gasteiger partial charge in [-0.25, -0.2) is 4.68 Å². The molecule has 0 fully saturated rings. The van der Waals surface area contributed by atoms with E-state index in [0.29, 0.717) is 19.2 Å². The zero-order valence-electron chi connectivity index (χ0n) is 17.7. The molecule has 0 bridgehead atoms. The maximum Gasteiger partial charge on any atom is 0.317 e. The van der Waals surface area contributed by atoms with Crippen molar-refractivity contribution in [2.45, 2.75) is 32.9 Å². The predicted molar refractivity (Wildman–Crippen MR) is 117 cm³/mol. The zero-order chi connectivity index (χ0) is 21.6. The number of ether oxygens (including phenoxy) is 2. The Morgan fingerprint density at radius 2 is 1.90 bits per heavy atom. The molecule has 4 rings (SSSR count). The Kier molecular flexibility index (Phi) is 6.31. The van der Waals surface area contributed by atoms with Gasteiger partial charge in [-0.15, -0.1) is 0 Å². The first-order valence-electron chi connectivity index (χ1n) is 10.5. The van der Waals surface area contributed by atoms with Crippen molar-refractivity contribution in [2.24, 2.45) is 5.92 Å². The number of aromatic nitrogens is 3. The molecule has 160 valence electrons. The Morgan fingerprint density at radius 3 is 2.61 bits per heavy atom. The van der Waals surface area contributed by atoms with E-state index in [9.17, 15) is 4.79 Å². The van der Waals surface area contributed by atoms with E-state index in [-0.39, 0.29) is 12.0 Å². The maximum atomic E-state index is 12.9. The van der Waals surface area contributed by atoms with E-state index in [4.69, 9.17) is 9.47 Å². The summed E-state index contributed by atoms with van der Waals surface area (Å²) in [5.41, 5.74) is 2.82. The largest absolute Gasteiger partial charge is 0.489 e. The summed E-state index contributed by atoms with van der Waals surface area (Å²) in [4.78, 5) is 17.2. The van der Waals surface area contributed by atoms with Crippen LogP contribution in [0.1, 0.15) is 37.4 Å². The van der Waals surface area contributed by atoms with Gasteiger partial charge in [0.25, 0.3) is 0 Å². The molecule has 0 radical (unpaired) electrons. The van der Waals surface area contributed by atoms with Gasteiger partial charge < -0.3 is 14.8 Å². The highest BCUT2D eigenvalue weighted by Gasteiger charge is 2.41. The van der Waals surface area contributed by atoms with Gasteiger partial charge in [-0.2, -0.15) is 10.1 Å². The number of nitrogens with one attached hydrogen (secondary N) is 1. The smallest absolute Gasteiger partial charge is 0.317 e. The minimum atomic E-state index is -0.537. The van der Waals surface area contributed by atoms with Crippen LogP contribution in [0.15, 0.2) is 72.7 Å². The molecule has 3 aromatic rings. The van der Waals surface area contributed by atoms with Crippen molar-refractivity contribution in [1.29, 1.82) is 0 Å². The average molecular weight is 418 g/mol. The van der Waals surface area contributed by atoms with E-state index in [1.54, 1.807) is 4.68 Å². The van der Waals surface area contributed by atoms with Gasteiger partial charge in [0.15, 0.2) is 0 Å². The van der Waals surface area contributed by atoms with Gasteiger partial charge in [-0.3, -0.25) is 4.79 Å². The second-order valence-electron chi connectivity index (χ2n) is 7.24. The Morgan fingerprint density at radius 1 is 1.13 bits per heavy atom. The van der Waals surface area contributed by atoms with Crippen molar-refractivity contribution in [3.63, 3.8) is 0 Å². The molecule has 0 spiro atoms. The van der Waals surface area contributed by atoms with Crippen LogP contribution in [0.2, 0.25) is 0 Å². The van der Waals surface area contributed by atoms with Crippen LogP contribution in [-0.4, -0.2) is 27.3 Å². The average Bonchev–Trinajstić information content (AvgIpc) is 3.26. The molecule has 2 atom stereocenters. The fourth-order valence-corrected chi connectivity index (χ4v) is 3.78. The Labute approximate surface area is 181 Å². The van der Waals surface area contributed by atoms with Gasteiger partial charge in [-0.1, -0.05) is 55.5 Å². The first-order valence-corrected chi connectivity index (χ1v) is 10.5. The highest BCUT2D eigenvalue weighted by molar-refractivity contribution is 5.79. The lowest BCUT2D eigenvalue weighted by Crippen LogP contribution is -2.38. The number of anilines is 1. The second-order valence-corrected chi connectivity index (χ2v) is 7.24. The maximum absolute atomic E-state index is 12.9. The molecule has 2 heterocycles. The van der Waals surface area contributed by atoms with Crippen molar-refractivity contribution in [2.75, 3.05) is 11.9 Å². The first-order chi connectivity index (χ1) is 15.2. The fraction of sp³-hybridized carbons (Fsp3) is 0.292. The van der Waals surface area contributed by atoms with Gasteiger partial charge in [0.05, 0.1) is 12.6 Å². The number of rotatable bonds is 7. The molecule has 0 unspecified atom stereocenters. The molecule has 0 saturated carbocycles. The van der Waals surface area contributed by atoms with Crippen molar-refractivity contribution >= 4 is 11.9 Å². The Hall–Kier alpha value is -3.61. The number of esters is 1. The van der Waals surface area contributed by atoms with E-state index in [1.807, 2.05) is 74.5 Å². The normalized spacial score (nSPS) is 18.8. The third kappa shape index (κ3) is 4.45. The van der Waals surface area contributed by atoms with Crippen LogP contribution in [0.25, 0.3) is 0 Å². The highest BCUT2D eigenvalue weighted by Crippen LogP contribution is 2.39. The van der Waals surface area contributed by atoms with Crippen LogP contribution in [0.3, 0.4) is 0 Å². The number of hydrogen-bond acceptors (Lipinski definition) is 6. The number of carbonyl (C=O) groups excluding carboxylic acids is 1. The van der Waals surface area contributed by atoms with Crippen molar-refractivity contribution in [3.05, 3.63) is 83.8 Å². The highest BCUT2D eigenvalue weighted by atomic mass is 16.5. The van der Waals surface area contributed by atoms with Crippen LogP contribution in [-0.2, 0) is 16.1 Å². The molecule has 1 aromatic heterocycles. The van der Waals surface area contributed by atoms with Gasteiger partial charge in [0, 0.05) is 5.70 Å². The topological polar surface area (TPSA) is 78.3 Å². The van der Waals surface area contributed by atoms with Crippen molar-refractivity contribution < 1.29 is 14.3 Å². The third-order valence-electron chi connectivity index (χ3n) is 5.18. The quantitative estimate of drug-likeness (QED) is 0.575. The monoisotopic (exact) mass is 418 g/mol. The summed E-state index contributed by atoms with van der Waals surface area (Å²) in [7, 11) is 0. The molecule has 7 nitrogen and oxygen atoms in total. The number of allylic oxidation sites excluding steroid dienone is 1. The molecule has 0 aliphatic carbocycles. The van der Waals surface area contributed by atoms with Crippen LogP contribution in [0, 0.1) is 5.92 Å². The van der Waals surface area contributed by atoms with Crippen LogP contribution >= 0.6 is 0 Å². The fourth-order valence-electron chi connectivity index (χ4n) is 3.78. The molecule has 7 heteroatoms. The predicted octanol–water partition coefficient (Wildman–Crippen LogP) is 4.35. The molecule has 1 N–H and O–H groups in total. The minimum absolute atomic E-state index is 0.287. The standard InChI is InChI=1S/C24H26N4O3/c1-3-8-20-21(23(29)30-4-2)22(28-24(27-20)25-16-26-28)18-11-13-19(14-12-18)31-15-17-9-6-5-7-10-17/h5-14,16,21-22H,3-4,15H2,1-2H3,(H,25,26,27)/b20-8+/t21-,22+/m0/s1. The summed E-state index contributed by atoms with van der Waals surface area (Å²) >= 11 is 0.